The van der Waals surface area contributed by atoms with Crippen molar-refractivity contribution in [1.82, 2.24) is 0 Å². The fraction of sp³-hybridized carbons (Fsp3) is 0.269. The van der Waals surface area contributed by atoms with Crippen LogP contribution in [0.1, 0.15) is 64.8 Å². The molecule has 0 fully saturated rings. The third kappa shape index (κ3) is 4.68. The van der Waals surface area contributed by atoms with E-state index in [2.05, 4.69) is 26.0 Å². The highest BCUT2D eigenvalue weighted by molar-refractivity contribution is 6.06. The van der Waals surface area contributed by atoms with Crippen molar-refractivity contribution in [3.8, 4) is 5.75 Å². The highest BCUT2D eigenvalue weighted by atomic mass is 16.5. The molecule has 4 rings (SSSR count). The number of furan rings is 1. The van der Waals surface area contributed by atoms with Crippen molar-refractivity contribution in [3.63, 3.8) is 0 Å². The Morgan fingerprint density at radius 1 is 1.03 bits per heavy atom. The lowest BCUT2D eigenvalue weighted by atomic mass is 10.0. The first-order valence-electron chi connectivity index (χ1n) is 10.2. The summed E-state index contributed by atoms with van der Waals surface area (Å²) < 4.78 is 11.6. The van der Waals surface area contributed by atoms with Crippen molar-refractivity contribution in [1.29, 1.82) is 0 Å². The number of hydrogen-bond acceptors (Lipinski definition) is 3. The maximum atomic E-state index is 12.4. The highest BCUT2D eigenvalue weighted by Crippen LogP contribution is 2.26. The van der Waals surface area contributed by atoms with E-state index in [4.69, 9.17) is 9.15 Å². The van der Waals surface area contributed by atoms with Gasteiger partial charge in [-0.1, -0.05) is 44.2 Å². The predicted molar refractivity (Wildman–Crippen MR) is 115 cm³/mol. The lowest BCUT2D eigenvalue weighted by molar-refractivity contribution is 0.104. The van der Waals surface area contributed by atoms with Gasteiger partial charge in [0.05, 0.1) is 0 Å². The van der Waals surface area contributed by atoms with Gasteiger partial charge in [-0.2, -0.15) is 0 Å². The number of benzene rings is 2. The number of allylic oxidation sites excluding steroid dienone is 1. The standard InChI is InChI=1S/C26H26O3/c1-18(2)19-6-8-21(9-7-19)26(27)15-14-23-12-13-25(29-23)17-28-24-11-10-20-4-3-5-22(20)16-24/h6-16,18H,3-5,17H2,1-2H3/b15-14+. The second kappa shape index (κ2) is 8.52. The van der Waals surface area contributed by atoms with Crippen LogP contribution in [0.4, 0.5) is 0 Å². The number of carbonyl (C=O) groups excluding carboxylic acids is 1. The number of aryl methyl sites for hydroxylation is 2. The third-order valence-electron chi connectivity index (χ3n) is 5.39. The Balaban J connectivity index is 1.34. The summed E-state index contributed by atoms with van der Waals surface area (Å²) >= 11 is 0. The summed E-state index contributed by atoms with van der Waals surface area (Å²) in [5.41, 5.74) is 4.73. The number of carbonyl (C=O) groups is 1. The van der Waals surface area contributed by atoms with Gasteiger partial charge in [0.1, 0.15) is 23.9 Å². The van der Waals surface area contributed by atoms with Crippen LogP contribution in [0.3, 0.4) is 0 Å². The smallest absolute Gasteiger partial charge is 0.185 e. The van der Waals surface area contributed by atoms with Crippen LogP contribution in [-0.2, 0) is 19.4 Å². The normalized spacial score (nSPS) is 13.2. The summed E-state index contributed by atoms with van der Waals surface area (Å²) in [5, 5.41) is 0. The SMILES string of the molecule is CC(C)c1ccc(C(=O)/C=C/c2ccc(COc3ccc4c(c3)CCC4)o2)cc1. The molecule has 0 unspecified atom stereocenters. The fourth-order valence-electron chi connectivity index (χ4n) is 3.64. The molecule has 0 amide bonds. The van der Waals surface area contributed by atoms with Crippen molar-refractivity contribution >= 4 is 11.9 Å². The number of rotatable bonds is 7. The Morgan fingerprint density at radius 3 is 2.62 bits per heavy atom. The molecule has 2 aromatic carbocycles. The Morgan fingerprint density at radius 2 is 1.83 bits per heavy atom. The van der Waals surface area contributed by atoms with Crippen LogP contribution in [0.2, 0.25) is 0 Å². The summed E-state index contributed by atoms with van der Waals surface area (Å²) in [6.45, 7) is 4.65. The van der Waals surface area contributed by atoms with E-state index in [1.54, 1.807) is 12.2 Å². The van der Waals surface area contributed by atoms with E-state index in [1.807, 2.05) is 42.5 Å². The van der Waals surface area contributed by atoms with Crippen molar-refractivity contribution in [3.05, 3.63) is 94.4 Å². The topological polar surface area (TPSA) is 39.4 Å². The van der Waals surface area contributed by atoms with Crippen molar-refractivity contribution in [2.75, 3.05) is 0 Å². The molecule has 29 heavy (non-hydrogen) atoms. The third-order valence-corrected chi connectivity index (χ3v) is 5.39. The molecule has 0 bridgehead atoms. The zero-order valence-corrected chi connectivity index (χ0v) is 17.0. The van der Waals surface area contributed by atoms with Gasteiger partial charge < -0.3 is 9.15 Å². The minimum atomic E-state index is -0.0346. The van der Waals surface area contributed by atoms with Gasteiger partial charge in [-0.3, -0.25) is 4.79 Å². The molecule has 1 heterocycles. The molecule has 0 saturated carbocycles. The van der Waals surface area contributed by atoms with Crippen LogP contribution >= 0.6 is 0 Å². The average molecular weight is 386 g/mol. The van der Waals surface area contributed by atoms with Crippen LogP contribution in [0.25, 0.3) is 6.08 Å². The predicted octanol–water partition coefficient (Wildman–Crippen LogP) is 6.37. The molecule has 1 aromatic heterocycles. The molecule has 0 N–H and O–H groups in total. The number of fused-ring (bicyclic) bond motifs is 1. The Kier molecular flexibility index (Phi) is 5.66. The second-order valence-electron chi connectivity index (χ2n) is 7.85. The van der Waals surface area contributed by atoms with Gasteiger partial charge in [-0.05, 0) is 78.3 Å². The molecule has 3 nitrogen and oxygen atoms in total. The van der Waals surface area contributed by atoms with E-state index in [-0.39, 0.29) is 5.78 Å². The fourth-order valence-corrected chi connectivity index (χ4v) is 3.64. The van der Waals surface area contributed by atoms with Crippen LogP contribution < -0.4 is 4.74 Å². The Labute approximate surface area is 172 Å². The molecule has 1 aliphatic rings. The van der Waals surface area contributed by atoms with E-state index >= 15 is 0 Å². The van der Waals surface area contributed by atoms with Gasteiger partial charge in [0, 0.05) is 5.56 Å². The summed E-state index contributed by atoms with van der Waals surface area (Å²) in [6, 6.07) is 17.8. The summed E-state index contributed by atoms with van der Waals surface area (Å²) in [4.78, 5) is 12.4. The second-order valence-corrected chi connectivity index (χ2v) is 7.85. The largest absolute Gasteiger partial charge is 0.486 e. The van der Waals surface area contributed by atoms with E-state index in [0.29, 0.717) is 23.8 Å². The number of ether oxygens (including phenoxy) is 1. The first-order chi connectivity index (χ1) is 14.1. The van der Waals surface area contributed by atoms with Crippen molar-refractivity contribution in [2.45, 2.75) is 45.6 Å². The molecule has 0 atom stereocenters. The summed E-state index contributed by atoms with van der Waals surface area (Å²) in [5.74, 6) is 2.67. The zero-order chi connectivity index (χ0) is 20.2. The Bertz CT molecular complexity index is 1020. The summed E-state index contributed by atoms with van der Waals surface area (Å²) in [7, 11) is 0. The first kappa shape index (κ1) is 19.3. The molecule has 0 aliphatic heterocycles. The van der Waals surface area contributed by atoms with Crippen molar-refractivity contribution in [2.24, 2.45) is 0 Å². The zero-order valence-electron chi connectivity index (χ0n) is 17.0. The van der Waals surface area contributed by atoms with Crippen LogP contribution in [0, 0.1) is 0 Å². The molecule has 148 valence electrons. The number of hydrogen-bond donors (Lipinski definition) is 0. The van der Waals surface area contributed by atoms with Crippen LogP contribution in [0.5, 0.6) is 5.75 Å². The lowest BCUT2D eigenvalue weighted by Gasteiger charge is -2.06. The molecule has 0 radical (unpaired) electrons. The van der Waals surface area contributed by atoms with Gasteiger partial charge in [-0.25, -0.2) is 0 Å². The van der Waals surface area contributed by atoms with Gasteiger partial charge in [0.2, 0.25) is 0 Å². The number of ketones is 1. The maximum Gasteiger partial charge on any atom is 0.185 e. The minimum Gasteiger partial charge on any atom is -0.486 e. The molecule has 3 aromatic rings. The van der Waals surface area contributed by atoms with Gasteiger partial charge in [0.25, 0.3) is 0 Å². The van der Waals surface area contributed by atoms with Gasteiger partial charge in [-0.15, -0.1) is 0 Å². The molecule has 0 saturated heterocycles. The molecule has 1 aliphatic carbocycles. The maximum absolute atomic E-state index is 12.4. The van der Waals surface area contributed by atoms with Crippen molar-refractivity contribution < 1.29 is 13.9 Å². The van der Waals surface area contributed by atoms with Gasteiger partial charge in [0.15, 0.2) is 5.78 Å². The minimum absolute atomic E-state index is 0.0346. The monoisotopic (exact) mass is 386 g/mol. The van der Waals surface area contributed by atoms with Gasteiger partial charge >= 0.3 is 0 Å². The average Bonchev–Trinajstić information content (AvgIpc) is 3.39. The van der Waals surface area contributed by atoms with E-state index in [0.717, 1.165) is 17.9 Å². The van der Waals surface area contributed by atoms with E-state index < -0.39 is 0 Å². The quantitative estimate of drug-likeness (QED) is 0.350. The van der Waals surface area contributed by atoms with Crippen LogP contribution in [-0.4, -0.2) is 5.78 Å². The molecule has 3 heteroatoms. The first-order valence-corrected chi connectivity index (χ1v) is 10.2. The molecule has 0 spiro atoms. The highest BCUT2D eigenvalue weighted by Gasteiger charge is 2.11. The lowest BCUT2D eigenvalue weighted by Crippen LogP contribution is -1.95. The molecular weight excluding hydrogens is 360 g/mol. The molecular formula is C26H26O3. The Hall–Kier alpha value is -3.07. The van der Waals surface area contributed by atoms with Crippen LogP contribution in [0.15, 0.2) is 65.1 Å². The summed E-state index contributed by atoms with van der Waals surface area (Å²) in [6.07, 6.45) is 6.79. The van der Waals surface area contributed by atoms with E-state index in [9.17, 15) is 4.79 Å². The van der Waals surface area contributed by atoms with E-state index in [1.165, 1.54) is 29.5 Å².